The molecule has 25 heavy (non-hydrogen) atoms. The number of guanidine groups is 1. The van der Waals surface area contributed by atoms with E-state index < -0.39 is 0 Å². The van der Waals surface area contributed by atoms with Crippen LogP contribution < -0.4 is 5.32 Å². The topological polar surface area (TPSA) is 63.9 Å². The molecule has 0 aliphatic carbocycles. The van der Waals surface area contributed by atoms with Crippen molar-refractivity contribution in [1.29, 1.82) is 0 Å². The van der Waals surface area contributed by atoms with E-state index in [9.17, 15) is 0 Å². The molecule has 1 aliphatic rings. The van der Waals surface area contributed by atoms with Crippen LogP contribution in [0.3, 0.4) is 0 Å². The second-order valence-corrected chi connectivity index (χ2v) is 6.81. The van der Waals surface area contributed by atoms with Gasteiger partial charge in [-0.3, -0.25) is 9.67 Å². The number of rotatable bonds is 8. The predicted octanol–water partition coefficient (Wildman–Crippen LogP) is 1.82. The zero-order chi connectivity index (χ0) is 18.1. The Bertz CT molecular complexity index is 529. The molecule has 7 heteroatoms. The summed E-state index contributed by atoms with van der Waals surface area (Å²) in [6.07, 6.45) is 4.88. The Morgan fingerprint density at radius 1 is 1.52 bits per heavy atom. The number of ether oxygens (including phenoxy) is 2. The molecule has 1 fully saturated rings. The highest BCUT2D eigenvalue weighted by atomic mass is 16.5. The molecule has 0 spiro atoms. The minimum absolute atomic E-state index is 0.0423. The molecule has 142 valence electrons. The molecule has 0 bridgehead atoms. The Kier molecular flexibility index (Phi) is 8.21. The van der Waals surface area contributed by atoms with Gasteiger partial charge in [-0.2, -0.15) is 5.10 Å². The molecule has 1 unspecified atom stereocenters. The summed E-state index contributed by atoms with van der Waals surface area (Å²) in [5.74, 6) is 1.54. The van der Waals surface area contributed by atoms with Gasteiger partial charge in [0.15, 0.2) is 5.96 Å². The standard InChI is InChI=1S/C18H33N5O2/c1-5-19-18(20-7-6-9-24-14-15(2)3)23-8-10-25-17(13-23)16-11-21-22(4)12-16/h11-12,15,17H,5-10,13-14H2,1-4H3,(H,19,20). The molecule has 0 amide bonds. The maximum absolute atomic E-state index is 5.92. The first-order valence-electron chi connectivity index (χ1n) is 9.31. The minimum Gasteiger partial charge on any atom is -0.381 e. The summed E-state index contributed by atoms with van der Waals surface area (Å²) < 4.78 is 13.4. The summed E-state index contributed by atoms with van der Waals surface area (Å²) in [5.41, 5.74) is 1.12. The maximum atomic E-state index is 5.92. The Labute approximate surface area is 151 Å². The quantitative estimate of drug-likeness (QED) is 0.440. The van der Waals surface area contributed by atoms with Gasteiger partial charge in [0.25, 0.3) is 0 Å². The Balaban J connectivity index is 1.86. The van der Waals surface area contributed by atoms with Crippen LogP contribution in [0.1, 0.15) is 38.9 Å². The van der Waals surface area contributed by atoms with Crippen molar-refractivity contribution >= 4 is 5.96 Å². The van der Waals surface area contributed by atoms with Crippen molar-refractivity contribution in [2.45, 2.75) is 33.3 Å². The second-order valence-electron chi connectivity index (χ2n) is 6.81. The second kappa shape index (κ2) is 10.4. The fourth-order valence-corrected chi connectivity index (χ4v) is 2.75. The molecule has 0 aromatic carbocycles. The third-order valence-corrected chi connectivity index (χ3v) is 3.96. The third-order valence-electron chi connectivity index (χ3n) is 3.96. The molecule has 1 atom stereocenters. The maximum Gasteiger partial charge on any atom is 0.194 e. The van der Waals surface area contributed by atoms with E-state index in [-0.39, 0.29) is 6.10 Å². The third kappa shape index (κ3) is 6.66. The lowest BCUT2D eigenvalue weighted by Gasteiger charge is -2.34. The van der Waals surface area contributed by atoms with Crippen LogP contribution in [-0.4, -0.2) is 66.6 Å². The van der Waals surface area contributed by atoms with Crippen molar-refractivity contribution in [3.8, 4) is 0 Å². The van der Waals surface area contributed by atoms with Crippen molar-refractivity contribution in [3.63, 3.8) is 0 Å². The zero-order valence-corrected chi connectivity index (χ0v) is 16.1. The van der Waals surface area contributed by atoms with Gasteiger partial charge in [0.1, 0.15) is 6.10 Å². The van der Waals surface area contributed by atoms with Crippen LogP contribution in [0.25, 0.3) is 0 Å². The van der Waals surface area contributed by atoms with E-state index in [0.29, 0.717) is 12.5 Å². The summed E-state index contributed by atoms with van der Waals surface area (Å²) in [4.78, 5) is 7.04. The van der Waals surface area contributed by atoms with Crippen molar-refractivity contribution in [1.82, 2.24) is 20.0 Å². The summed E-state index contributed by atoms with van der Waals surface area (Å²) in [6, 6.07) is 0. The SMILES string of the molecule is CCNC(=NCCCOCC(C)C)N1CCOC(c2cnn(C)c2)C1. The van der Waals surface area contributed by atoms with Crippen LogP contribution in [0, 0.1) is 5.92 Å². The van der Waals surface area contributed by atoms with Gasteiger partial charge in [0.2, 0.25) is 0 Å². The molecule has 1 saturated heterocycles. The van der Waals surface area contributed by atoms with Gasteiger partial charge in [-0.1, -0.05) is 13.8 Å². The van der Waals surface area contributed by atoms with Gasteiger partial charge in [-0.15, -0.1) is 0 Å². The predicted molar refractivity (Wildman–Crippen MR) is 99.7 cm³/mol. The van der Waals surface area contributed by atoms with Crippen LogP contribution in [0.2, 0.25) is 0 Å². The number of aromatic nitrogens is 2. The molecule has 1 aromatic rings. The monoisotopic (exact) mass is 351 g/mol. The van der Waals surface area contributed by atoms with Gasteiger partial charge < -0.3 is 19.7 Å². The molecule has 7 nitrogen and oxygen atoms in total. The van der Waals surface area contributed by atoms with Crippen LogP contribution in [0.5, 0.6) is 0 Å². The first-order valence-corrected chi connectivity index (χ1v) is 9.31. The summed E-state index contributed by atoms with van der Waals surface area (Å²) >= 11 is 0. The molecule has 2 rings (SSSR count). The van der Waals surface area contributed by atoms with Crippen LogP contribution in [0.4, 0.5) is 0 Å². The highest BCUT2D eigenvalue weighted by Gasteiger charge is 2.25. The van der Waals surface area contributed by atoms with Gasteiger partial charge in [-0.25, -0.2) is 0 Å². The number of aryl methyl sites for hydroxylation is 1. The highest BCUT2D eigenvalue weighted by molar-refractivity contribution is 5.80. The lowest BCUT2D eigenvalue weighted by molar-refractivity contribution is -0.00805. The first-order chi connectivity index (χ1) is 12.1. The van der Waals surface area contributed by atoms with Crippen LogP contribution >= 0.6 is 0 Å². The van der Waals surface area contributed by atoms with Gasteiger partial charge in [-0.05, 0) is 19.3 Å². The highest BCUT2D eigenvalue weighted by Crippen LogP contribution is 2.21. The van der Waals surface area contributed by atoms with Crippen LogP contribution in [-0.2, 0) is 16.5 Å². The van der Waals surface area contributed by atoms with E-state index >= 15 is 0 Å². The fourth-order valence-electron chi connectivity index (χ4n) is 2.75. The van der Waals surface area contributed by atoms with E-state index in [1.54, 1.807) is 0 Å². The Morgan fingerprint density at radius 3 is 3.04 bits per heavy atom. The normalized spacial score (nSPS) is 18.8. The zero-order valence-electron chi connectivity index (χ0n) is 16.1. The Morgan fingerprint density at radius 2 is 2.36 bits per heavy atom. The Hall–Kier alpha value is -1.60. The van der Waals surface area contributed by atoms with Gasteiger partial charge in [0.05, 0.1) is 19.3 Å². The number of hydrogen-bond donors (Lipinski definition) is 1. The lowest BCUT2D eigenvalue weighted by atomic mass is 10.1. The van der Waals surface area contributed by atoms with Crippen molar-refractivity contribution in [2.75, 3.05) is 46.0 Å². The fraction of sp³-hybridized carbons (Fsp3) is 0.778. The van der Waals surface area contributed by atoms with E-state index in [4.69, 9.17) is 14.5 Å². The average molecular weight is 351 g/mol. The van der Waals surface area contributed by atoms with E-state index in [0.717, 1.165) is 57.3 Å². The number of hydrogen-bond acceptors (Lipinski definition) is 4. The minimum atomic E-state index is 0.0423. The van der Waals surface area contributed by atoms with E-state index in [2.05, 4.69) is 36.1 Å². The molecule has 1 N–H and O–H groups in total. The number of nitrogens with one attached hydrogen (secondary N) is 1. The molecule has 0 saturated carbocycles. The van der Waals surface area contributed by atoms with E-state index in [1.807, 2.05) is 24.1 Å². The largest absolute Gasteiger partial charge is 0.381 e. The van der Waals surface area contributed by atoms with Crippen molar-refractivity contribution in [3.05, 3.63) is 18.0 Å². The molecule has 1 aromatic heterocycles. The van der Waals surface area contributed by atoms with Crippen molar-refractivity contribution < 1.29 is 9.47 Å². The summed E-state index contributed by atoms with van der Waals surface area (Å²) in [5, 5.41) is 7.64. The summed E-state index contributed by atoms with van der Waals surface area (Å²) in [6.45, 7) is 12.0. The van der Waals surface area contributed by atoms with Gasteiger partial charge >= 0.3 is 0 Å². The van der Waals surface area contributed by atoms with Gasteiger partial charge in [0, 0.05) is 51.7 Å². The average Bonchev–Trinajstić information content (AvgIpc) is 3.03. The molecular formula is C18H33N5O2. The summed E-state index contributed by atoms with van der Waals surface area (Å²) in [7, 11) is 1.93. The molecule has 1 aliphatic heterocycles. The van der Waals surface area contributed by atoms with Crippen LogP contribution in [0.15, 0.2) is 17.4 Å². The number of aliphatic imine (C=N–C) groups is 1. The first kappa shape index (κ1) is 19.7. The molecule has 0 radical (unpaired) electrons. The number of morpholine rings is 1. The molecular weight excluding hydrogens is 318 g/mol. The smallest absolute Gasteiger partial charge is 0.194 e. The molecule has 2 heterocycles. The lowest BCUT2D eigenvalue weighted by Crippen LogP contribution is -2.48. The number of nitrogens with zero attached hydrogens (tertiary/aromatic N) is 4. The van der Waals surface area contributed by atoms with Crippen molar-refractivity contribution in [2.24, 2.45) is 18.0 Å². The van der Waals surface area contributed by atoms with E-state index in [1.165, 1.54) is 0 Å².